The summed E-state index contributed by atoms with van der Waals surface area (Å²) in [4.78, 5) is 6.63. The van der Waals surface area contributed by atoms with Gasteiger partial charge in [-0.25, -0.2) is 17.8 Å². The smallest absolute Gasteiger partial charge is 0.210 e. The third-order valence-electron chi connectivity index (χ3n) is 5.12. The fourth-order valence-electron chi connectivity index (χ4n) is 3.50. The number of rotatable bonds is 5. The van der Waals surface area contributed by atoms with Crippen molar-refractivity contribution in [2.45, 2.75) is 28.9 Å². The minimum absolute atomic E-state index is 0. The molecule has 1 aliphatic heterocycles. The van der Waals surface area contributed by atoms with E-state index < -0.39 is 9.84 Å². The molecular weight excluding hydrogens is 419 g/mol. The Labute approximate surface area is 174 Å². The molecule has 8 heteroatoms. The maximum Gasteiger partial charge on any atom is 0.210 e. The summed E-state index contributed by atoms with van der Waals surface area (Å²) in [6.45, 7) is 2.38. The topological polar surface area (TPSA) is 50.3 Å². The summed E-state index contributed by atoms with van der Waals surface area (Å²) < 4.78 is 40.1. The normalized spacial score (nSPS) is 16.2. The van der Waals surface area contributed by atoms with Crippen molar-refractivity contribution < 1.29 is 12.8 Å². The average molecular weight is 441 g/mol. The van der Waals surface area contributed by atoms with E-state index in [1.54, 1.807) is 12.1 Å². The van der Waals surface area contributed by atoms with Crippen LogP contribution in [0.1, 0.15) is 18.4 Å². The molecule has 2 heterocycles. The standard InChI is InChI=1S/C20H21FN2O2S2.ClH/c21-16-7-5-15(6-8-16)9-12-23-13-10-17(11-14-23)27(24,25)20-22-18-3-1-2-4-19(18)26-20;/h1-8,17H,9-14H2;1H. The van der Waals surface area contributed by atoms with E-state index in [-0.39, 0.29) is 27.8 Å². The largest absolute Gasteiger partial charge is 0.303 e. The molecule has 1 aliphatic rings. The van der Waals surface area contributed by atoms with E-state index >= 15 is 0 Å². The molecular formula is C20H22ClFN2O2S2. The first-order chi connectivity index (χ1) is 13.0. The van der Waals surface area contributed by atoms with Crippen molar-refractivity contribution in [3.8, 4) is 0 Å². The van der Waals surface area contributed by atoms with Gasteiger partial charge in [0.05, 0.1) is 15.5 Å². The molecule has 1 fully saturated rings. The Morgan fingerprint density at radius 2 is 1.75 bits per heavy atom. The number of para-hydroxylation sites is 1. The Morgan fingerprint density at radius 1 is 1.07 bits per heavy atom. The number of sulfone groups is 1. The first-order valence-electron chi connectivity index (χ1n) is 9.09. The van der Waals surface area contributed by atoms with Crippen LogP contribution in [0.15, 0.2) is 52.9 Å². The van der Waals surface area contributed by atoms with Gasteiger partial charge < -0.3 is 4.90 Å². The lowest BCUT2D eigenvalue weighted by Crippen LogP contribution is -2.40. The minimum Gasteiger partial charge on any atom is -0.303 e. The predicted octanol–water partition coefficient (Wildman–Crippen LogP) is 4.34. The van der Waals surface area contributed by atoms with Crippen molar-refractivity contribution in [1.82, 2.24) is 9.88 Å². The van der Waals surface area contributed by atoms with E-state index in [1.807, 2.05) is 24.3 Å². The van der Waals surface area contributed by atoms with Crippen LogP contribution in [0.25, 0.3) is 10.2 Å². The highest BCUT2D eigenvalue weighted by Crippen LogP contribution is 2.31. The zero-order valence-electron chi connectivity index (χ0n) is 15.3. The number of hydrogen-bond donors (Lipinski definition) is 0. The van der Waals surface area contributed by atoms with Gasteiger partial charge in [-0.05, 0) is 62.2 Å². The van der Waals surface area contributed by atoms with Crippen molar-refractivity contribution in [3.63, 3.8) is 0 Å². The number of halogens is 2. The molecule has 0 aliphatic carbocycles. The Balaban J connectivity index is 0.00000225. The third-order valence-corrected chi connectivity index (χ3v) is 8.83. The number of benzene rings is 2. The summed E-state index contributed by atoms with van der Waals surface area (Å²) in [7, 11) is -3.38. The summed E-state index contributed by atoms with van der Waals surface area (Å²) >= 11 is 1.26. The lowest BCUT2D eigenvalue weighted by atomic mass is 10.1. The zero-order chi connectivity index (χ0) is 18.9. The van der Waals surface area contributed by atoms with Gasteiger partial charge >= 0.3 is 0 Å². The molecule has 2 aromatic carbocycles. The molecule has 1 saturated heterocycles. The monoisotopic (exact) mass is 440 g/mol. The molecule has 0 saturated carbocycles. The Morgan fingerprint density at radius 3 is 2.43 bits per heavy atom. The molecule has 3 aromatic rings. The third kappa shape index (κ3) is 4.54. The first-order valence-corrected chi connectivity index (χ1v) is 11.4. The lowest BCUT2D eigenvalue weighted by Gasteiger charge is -2.31. The van der Waals surface area contributed by atoms with Gasteiger partial charge in [-0.2, -0.15) is 0 Å². The van der Waals surface area contributed by atoms with E-state index in [0.717, 1.165) is 41.8 Å². The van der Waals surface area contributed by atoms with Crippen molar-refractivity contribution in [2.24, 2.45) is 0 Å². The number of piperidine rings is 1. The minimum atomic E-state index is -3.38. The van der Waals surface area contributed by atoms with E-state index in [9.17, 15) is 12.8 Å². The molecule has 1 aromatic heterocycles. The first kappa shape index (κ1) is 21.2. The summed E-state index contributed by atoms with van der Waals surface area (Å²) in [6, 6.07) is 14.1. The molecule has 0 N–H and O–H groups in total. The number of nitrogens with zero attached hydrogens (tertiary/aromatic N) is 2. The van der Waals surface area contributed by atoms with E-state index in [4.69, 9.17) is 0 Å². The number of hydrogen-bond acceptors (Lipinski definition) is 5. The fraction of sp³-hybridized carbons (Fsp3) is 0.350. The highest BCUT2D eigenvalue weighted by molar-refractivity contribution is 7.94. The summed E-state index contributed by atoms with van der Waals surface area (Å²) in [5, 5.41) is -0.361. The van der Waals surface area contributed by atoms with Crippen LogP contribution in [0.4, 0.5) is 4.39 Å². The van der Waals surface area contributed by atoms with Crippen LogP contribution >= 0.6 is 23.7 Å². The Hall–Kier alpha value is -1.54. The summed E-state index contributed by atoms with van der Waals surface area (Å²) in [5.74, 6) is -0.223. The molecule has 4 rings (SSSR count). The van der Waals surface area contributed by atoms with Crippen molar-refractivity contribution in [1.29, 1.82) is 0 Å². The van der Waals surface area contributed by atoms with Crippen LogP contribution < -0.4 is 0 Å². The molecule has 0 unspecified atom stereocenters. The maximum atomic E-state index is 13.0. The van der Waals surface area contributed by atoms with Gasteiger partial charge in [0.1, 0.15) is 5.82 Å². The summed E-state index contributed by atoms with van der Waals surface area (Å²) in [6.07, 6.45) is 2.10. The molecule has 0 atom stereocenters. The summed E-state index contributed by atoms with van der Waals surface area (Å²) in [5.41, 5.74) is 1.85. The molecule has 0 spiro atoms. The SMILES string of the molecule is Cl.O=S(=O)(c1nc2ccccc2s1)C1CCN(CCc2ccc(F)cc2)CC1. The van der Waals surface area contributed by atoms with Gasteiger partial charge in [0, 0.05) is 6.54 Å². The second-order valence-corrected chi connectivity index (χ2v) is 10.3. The number of thiazole rings is 1. The average Bonchev–Trinajstić information content (AvgIpc) is 3.13. The van der Waals surface area contributed by atoms with Crippen LogP contribution in [0.2, 0.25) is 0 Å². The van der Waals surface area contributed by atoms with Gasteiger partial charge in [-0.3, -0.25) is 0 Å². The van der Waals surface area contributed by atoms with E-state index in [1.165, 1.54) is 23.5 Å². The van der Waals surface area contributed by atoms with Crippen molar-refractivity contribution in [2.75, 3.05) is 19.6 Å². The van der Waals surface area contributed by atoms with Gasteiger partial charge in [-0.15, -0.1) is 23.7 Å². The number of likely N-dealkylation sites (tertiary alicyclic amines) is 1. The molecule has 28 heavy (non-hydrogen) atoms. The molecule has 150 valence electrons. The highest BCUT2D eigenvalue weighted by Gasteiger charge is 2.33. The van der Waals surface area contributed by atoms with Crippen LogP contribution in [0.3, 0.4) is 0 Å². The van der Waals surface area contributed by atoms with Gasteiger partial charge in [-0.1, -0.05) is 24.3 Å². The van der Waals surface area contributed by atoms with Gasteiger partial charge in [0.15, 0.2) is 0 Å². The lowest BCUT2D eigenvalue weighted by molar-refractivity contribution is 0.232. The van der Waals surface area contributed by atoms with Crippen LogP contribution in [-0.2, 0) is 16.3 Å². The van der Waals surface area contributed by atoms with Crippen molar-refractivity contribution in [3.05, 3.63) is 59.9 Å². The number of aromatic nitrogens is 1. The van der Waals surface area contributed by atoms with Crippen molar-refractivity contribution >= 4 is 43.8 Å². The van der Waals surface area contributed by atoms with E-state index in [0.29, 0.717) is 12.8 Å². The van der Waals surface area contributed by atoms with Crippen LogP contribution in [0, 0.1) is 5.82 Å². The zero-order valence-corrected chi connectivity index (χ0v) is 17.7. The fourth-order valence-corrected chi connectivity index (χ4v) is 6.68. The molecule has 0 amide bonds. The molecule has 0 bridgehead atoms. The highest BCUT2D eigenvalue weighted by atomic mass is 35.5. The Bertz CT molecular complexity index is 997. The van der Waals surface area contributed by atoms with Gasteiger partial charge in [0.25, 0.3) is 0 Å². The molecule has 0 radical (unpaired) electrons. The number of fused-ring (bicyclic) bond motifs is 1. The quantitative estimate of drug-likeness (QED) is 0.592. The Kier molecular flexibility index (Phi) is 6.70. The maximum absolute atomic E-state index is 13.0. The second kappa shape index (κ2) is 8.86. The second-order valence-electron chi connectivity index (χ2n) is 6.91. The van der Waals surface area contributed by atoms with E-state index in [2.05, 4.69) is 9.88 Å². The molecule has 4 nitrogen and oxygen atoms in total. The predicted molar refractivity (Wildman–Crippen MR) is 114 cm³/mol. The van der Waals surface area contributed by atoms with Crippen LogP contribution in [-0.4, -0.2) is 43.2 Å². The van der Waals surface area contributed by atoms with Gasteiger partial charge in [0.2, 0.25) is 14.2 Å². The van der Waals surface area contributed by atoms with Crippen LogP contribution in [0.5, 0.6) is 0 Å².